The quantitative estimate of drug-likeness (QED) is 0.737. The van der Waals surface area contributed by atoms with Gasteiger partial charge in [0.1, 0.15) is 0 Å². The molecule has 94 valence electrons. The largest absolute Gasteiger partial charge is 0.368 e. The van der Waals surface area contributed by atoms with Crippen LogP contribution in [0.4, 0.5) is 0 Å². The van der Waals surface area contributed by atoms with E-state index in [2.05, 4.69) is 25.7 Å². The summed E-state index contributed by atoms with van der Waals surface area (Å²) in [5, 5.41) is 0. The number of amides is 1. The SMILES string of the molecule is CC1CN(C(C)CC(C)(N)C(N)=O)CC1C. The molecule has 1 heterocycles. The molecule has 1 saturated heterocycles. The van der Waals surface area contributed by atoms with Crippen LogP contribution < -0.4 is 11.5 Å². The summed E-state index contributed by atoms with van der Waals surface area (Å²) in [6.07, 6.45) is 0.627. The minimum Gasteiger partial charge on any atom is -0.368 e. The van der Waals surface area contributed by atoms with Crippen molar-refractivity contribution in [3.8, 4) is 0 Å². The van der Waals surface area contributed by atoms with Crippen LogP contribution in [-0.2, 0) is 4.79 Å². The van der Waals surface area contributed by atoms with E-state index in [1.54, 1.807) is 6.92 Å². The van der Waals surface area contributed by atoms with Crippen LogP contribution in [0.25, 0.3) is 0 Å². The summed E-state index contributed by atoms with van der Waals surface area (Å²) in [5.41, 5.74) is 10.3. The van der Waals surface area contributed by atoms with Crippen molar-refractivity contribution in [2.45, 2.75) is 45.7 Å². The van der Waals surface area contributed by atoms with Crippen LogP contribution in [0.2, 0.25) is 0 Å². The number of likely N-dealkylation sites (tertiary alicyclic amines) is 1. The third-order valence-electron chi connectivity index (χ3n) is 3.92. The molecule has 1 amide bonds. The van der Waals surface area contributed by atoms with Gasteiger partial charge in [0.05, 0.1) is 5.54 Å². The van der Waals surface area contributed by atoms with Crippen molar-refractivity contribution >= 4 is 5.91 Å². The number of nitrogens with two attached hydrogens (primary N) is 2. The molecule has 1 fully saturated rings. The Labute approximate surface area is 98.3 Å². The average Bonchev–Trinajstić information content (AvgIpc) is 2.46. The molecule has 0 saturated carbocycles. The summed E-state index contributed by atoms with van der Waals surface area (Å²) in [6, 6.07) is 0.315. The van der Waals surface area contributed by atoms with Gasteiger partial charge in [0.15, 0.2) is 0 Å². The Hall–Kier alpha value is -0.610. The van der Waals surface area contributed by atoms with Crippen LogP contribution in [0.15, 0.2) is 0 Å². The lowest BCUT2D eigenvalue weighted by Gasteiger charge is -2.30. The van der Waals surface area contributed by atoms with E-state index in [4.69, 9.17) is 11.5 Å². The molecule has 4 atom stereocenters. The van der Waals surface area contributed by atoms with E-state index in [0.29, 0.717) is 12.5 Å². The van der Waals surface area contributed by atoms with Crippen LogP contribution in [-0.4, -0.2) is 35.5 Å². The lowest BCUT2D eigenvalue weighted by molar-refractivity contribution is -0.123. The van der Waals surface area contributed by atoms with Gasteiger partial charge in [0.25, 0.3) is 0 Å². The first kappa shape index (κ1) is 13.5. The Bertz CT molecular complexity index is 255. The molecule has 0 bridgehead atoms. The summed E-state index contributed by atoms with van der Waals surface area (Å²) >= 11 is 0. The Balaban J connectivity index is 2.54. The molecular formula is C12H25N3O. The highest BCUT2D eigenvalue weighted by Gasteiger charge is 2.34. The molecule has 0 radical (unpaired) electrons. The molecule has 0 spiro atoms. The molecule has 1 aliphatic rings. The first-order valence-electron chi connectivity index (χ1n) is 6.07. The minimum absolute atomic E-state index is 0.315. The predicted molar refractivity (Wildman–Crippen MR) is 65.8 cm³/mol. The smallest absolute Gasteiger partial charge is 0.237 e. The second kappa shape index (κ2) is 4.72. The maximum atomic E-state index is 11.2. The fraction of sp³-hybridized carbons (Fsp3) is 0.917. The number of carbonyl (C=O) groups excluding carboxylic acids is 1. The highest BCUT2D eigenvalue weighted by atomic mass is 16.1. The Morgan fingerprint density at radius 2 is 1.88 bits per heavy atom. The van der Waals surface area contributed by atoms with Gasteiger partial charge in [-0.2, -0.15) is 0 Å². The Kier molecular flexibility index (Phi) is 3.97. The van der Waals surface area contributed by atoms with E-state index >= 15 is 0 Å². The van der Waals surface area contributed by atoms with Gasteiger partial charge in [-0.3, -0.25) is 4.79 Å². The molecule has 0 aromatic heterocycles. The van der Waals surface area contributed by atoms with Crippen LogP contribution >= 0.6 is 0 Å². The topological polar surface area (TPSA) is 72.3 Å². The fourth-order valence-electron chi connectivity index (χ4n) is 2.38. The number of carbonyl (C=O) groups is 1. The molecule has 0 aliphatic carbocycles. The molecular weight excluding hydrogens is 202 g/mol. The van der Waals surface area contributed by atoms with Gasteiger partial charge in [-0.05, 0) is 32.1 Å². The molecule has 4 nitrogen and oxygen atoms in total. The van der Waals surface area contributed by atoms with Crippen molar-refractivity contribution in [1.82, 2.24) is 4.90 Å². The molecule has 1 aliphatic heterocycles. The molecule has 4 heteroatoms. The van der Waals surface area contributed by atoms with Crippen molar-refractivity contribution < 1.29 is 4.79 Å². The predicted octanol–water partition coefficient (Wildman–Crippen LogP) is 0.556. The summed E-state index contributed by atoms with van der Waals surface area (Å²) in [5.74, 6) is 1.03. The van der Waals surface area contributed by atoms with Gasteiger partial charge < -0.3 is 16.4 Å². The third-order valence-corrected chi connectivity index (χ3v) is 3.92. The normalized spacial score (nSPS) is 32.3. The molecule has 0 aromatic carbocycles. The average molecular weight is 227 g/mol. The zero-order valence-electron chi connectivity index (χ0n) is 10.9. The summed E-state index contributed by atoms with van der Waals surface area (Å²) in [6.45, 7) is 10.6. The van der Waals surface area contributed by atoms with Crippen molar-refractivity contribution in [1.29, 1.82) is 0 Å². The lowest BCUT2D eigenvalue weighted by atomic mass is 9.93. The fourth-order valence-corrected chi connectivity index (χ4v) is 2.38. The molecule has 16 heavy (non-hydrogen) atoms. The second-order valence-electron chi connectivity index (χ2n) is 5.74. The van der Waals surface area contributed by atoms with E-state index in [0.717, 1.165) is 24.9 Å². The molecule has 1 rings (SSSR count). The van der Waals surface area contributed by atoms with Crippen LogP contribution in [0.1, 0.15) is 34.1 Å². The summed E-state index contributed by atoms with van der Waals surface area (Å²) in [7, 11) is 0. The maximum absolute atomic E-state index is 11.2. The number of hydrogen-bond donors (Lipinski definition) is 2. The van der Waals surface area contributed by atoms with Gasteiger partial charge in [0.2, 0.25) is 5.91 Å². The Morgan fingerprint density at radius 1 is 1.44 bits per heavy atom. The zero-order valence-corrected chi connectivity index (χ0v) is 10.9. The van der Waals surface area contributed by atoms with Crippen molar-refractivity contribution in [3.63, 3.8) is 0 Å². The van der Waals surface area contributed by atoms with Gasteiger partial charge in [-0.25, -0.2) is 0 Å². The van der Waals surface area contributed by atoms with Crippen LogP contribution in [0, 0.1) is 11.8 Å². The van der Waals surface area contributed by atoms with Gasteiger partial charge >= 0.3 is 0 Å². The van der Waals surface area contributed by atoms with Crippen molar-refractivity contribution in [2.24, 2.45) is 23.3 Å². The van der Waals surface area contributed by atoms with Crippen molar-refractivity contribution in [3.05, 3.63) is 0 Å². The van der Waals surface area contributed by atoms with E-state index in [1.807, 2.05) is 0 Å². The van der Waals surface area contributed by atoms with Crippen LogP contribution in [0.5, 0.6) is 0 Å². The van der Waals surface area contributed by atoms with Gasteiger partial charge in [-0.1, -0.05) is 13.8 Å². The highest BCUT2D eigenvalue weighted by molar-refractivity contribution is 5.83. The Morgan fingerprint density at radius 3 is 2.25 bits per heavy atom. The lowest BCUT2D eigenvalue weighted by Crippen LogP contribution is -2.53. The van der Waals surface area contributed by atoms with E-state index in [9.17, 15) is 4.79 Å². The minimum atomic E-state index is -0.894. The highest BCUT2D eigenvalue weighted by Crippen LogP contribution is 2.26. The standard InChI is InChI=1S/C12H25N3O/c1-8-6-15(7-9(8)2)10(3)5-12(4,14)11(13)16/h8-10H,5-7,14H2,1-4H3,(H2,13,16). The number of primary amides is 1. The van der Waals surface area contributed by atoms with Crippen molar-refractivity contribution in [2.75, 3.05) is 13.1 Å². The first-order chi connectivity index (χ1) is 7.24. The second-order valence-corrected chi connectivity index (χ2v) is 5.74. The molecule has 0 aromatic rings. The third kappa shape index (κ3) is 2.95. The van der Waals surface area contributed by atoms with E-state index in [1.165, 1.54) is 0 Å². The number of rotatable bonds is 4. The van der Waals surface area contributed by atoms with E-state index in [-0.39, 0.29) is 0 Å². The molecule has 4 N–H and O–H groups in total. The summed E-state index contributed by atoms with van der Waals surface area (Å²) < 4.78 is 0. The van der Waals surface area contributed by atoms with E-state index < -0.39 is 11.4 Å². The molecule has 4 unspecified atom stereocenters. The zero-order chi connectivity index (χ0) is 12.5. The van der Waals surface area contributed by atoms with Gasteiger partial charge in [0, 0.05) is 19.1 Å². The monoisotopic (exact) mass is 227 g/mol. The van der Waals surface area contributed by atoms with Crippen LogP contribution in [0.3, 0.4) is 0 Å². The first-order valence-corrected chi connectivity index (χ1v) is 6.07. The number of hydrogen-bond acceptors (Lipinski definition) is 3. The van der Waals surface area contributed by atoms with Gasteiger partial charge in [-0.15, -0.1) is 0 Å². The maximum Gasteiger partial charge on any atom is 0.237 e. The summed E-state index contributed by atoms with van der Waals surface area (Å²) in [4.78, 5) is 13.6. The number of nitrogens with zero attached hydrogens (tertiary/aromatic N) is 1.